The van der Waals surface area contributed by atoms with Crippen molar-refractivity contribution in [3.05, 3.63) is 42.9 Å². The van der Waals surface area contributed by atoms with Crippen LogP contribution in [-0.2, 0) is 4.79 Å². The molecule has 1 aliphatic heterocycles. The molecule has 1 aromatic carbocycles. The second-order valence-electron chi connectivity index (χ2n) is 5.40. The Morgan fingerprint density at radius 1 is 1.17 bits per heavy atom. The first-order valence-corrected chi connectivity index (χ1v) is 8.80. The number of piperazine rings is 1. The van der Waals surface area contributed by atoms with Crippen LogP contribution in [0.25, 0.3) is 0 Å². The van der Waals surface area contributed by atoms with Crippen LogP contribution in [0.5, 0.6) is 5.75 Å². The first-order valence-electron chi connectivity index (χ1n) is 7.82. The molecule has 0 saturated carbocycles. The zero-order valence-corrected chi connectivity index (χ0v) is 14.4. The van der Waals surface area contributed by atoms with Gasteiger partial charge in [-0.1, -0.05) is 0 Å². The quantitative estimate of drug-likeness (QED) is 0.773. The largest absolute Gasteiger partial charge is 0.497 e. The van der Waals surface area contributed by atoms with Crippen molar-refractivity contribution in [2.75, 3.05) is 43.9 Å². The molecule has 3 rings (SSSR count). The number of hydrogen-bond donors (Lipinski definition) is 0. The fraction of sp³-hybridized carbons (Fsp3) is 0.353. The zero-order chi connectivity index (χ0) is 16.8. The minimum Gasteiger partial charge on any atom is -0.497 e. The van der Waals surface area contributed by atoms with E-state index in [1.54, 1.807) is 37.5 Å². The number of hydrogen-bond acceptors (Lipinski definition) is 6. The van der Waals surface area contributed by atoms with Gasteiger partial charge in [-0.15, -0.1) is 11.8 Å². The second-order valence-corrected chi connectivity index (χ2v) is 6.44. The molecule has 6 nitrogen and oxygen atoms in total. The Morgan fingerprint density at radius 2 is 1.92 bits per heavy atom. The highest BCUT2D eigenvalue weighted by molar-refractivity contribution is 8.00. The van der Waals surface area contributed by atoms with Crippen molar-refractivity contribution in [2.24, 2.45) is 0 Å². The fourth-order valence-corrected chi connectivity index (χ4v) is 3.35. The van der Waals surface area contributed by atoms with Gasteiger partial charge in [0.25, 0.3) is 0 Å². The van der Waals surface area contributed by atoms with E-state index in [9.17, 15) is 4.79 Å². The summed E-state index contributed by atoms with van der Waals surface area (Å²) in [6.45, 7) is 3.02. The molecule has 0 aliphatic carbocycles. The van der Waals surface area contributed by atoms with Crippen molar-refractivity contribution in [1.29, 1.82) is 0 Å². The number of amides is 1. The Kier molecular flexibility index (Phi) is 5.53. The monoisotopic (exact) mass is 344 g/mol. The minimum atomic E-state index is 0.176. The lowest BCUT2D eigenvalue weighted by molar-refractivity contribution is -0.128. The Balaban J connectivity index is 1.46. The Hall–Kier alpha value is -2.28. The van der Waals surface area contributed by atoms with Crippen LogP contribution in [0.2, 0.25) is 0 Å². The van der Waals surface area contributed by atoms with E-state index in [-0.39, 0.29) is 5.91 Å². The zero-order valence-electron chi connectivity index (χ0n) is 13.6. The van der Waals surface area contributed by atoms with Gasteiger partial charge in [-0.05, 0) is 24.3 Å². The van der Waals surface area contributed by atoms with Gasteiger partial charge < -0.3 is 14.5 Å². The van der Waals surface area contributed by atoms with E-state index in [2.05, 4.69) is 14.9 Å². The number of ether oxygens (including phenoxy) is 1. The fourth-order valence-electron chi connectivity index (χ4n) is 2.55. The van der Waals surface area contributed by atoms with Crippen LogP contribution in [0, 0.1) is 0 Å². The molecule has 0 radical (unpaired) electrons. The Labute approximate surface area is 145 Å². The molecule has 1 amide bonds. The topological polar surface area (TPSA) is 58.6 Å². The third-order valence-corrected chi connectivity index (χ3v) is 4.92. The summed E-state index contributed by atoms with van der Waals surface area (Å²) in [7, 11) is 1.65. The lowest BCUT2D eigenvalue weighted by Crippen LogP contribution is -2.49. The molecule has 7 heteroatoms. The Morgan fingerprint density at radius 3 is 2.54 bits per heavy atom. The third kappa shape index (κ3) is 4.17. The van der Waals surface area contributed by atoms with Crippen molar-refractivity contribution < 1.29 is 9.53 Å². The molecule has 2 aromatic rings. The van der Waals surface area contributed by atoms with Crippen LogP contribution in [0.15, 0.2) is 47.8 Å². The highest BCUT2D eigenvalue weighted by atomic mass is 32.2. The van der Waals surface area contributed by atoms with Crippen molar-refractivity contribution in [3.8, 4) is 5.75 Å². The molecule has 1 saturated heterocycles. The van der Waals surface area contributed by atoms with Crippen LogP contribution in [0.4, 0.5) is 5.82 Å². The van der Waals surface area contributed by atoms with E-state index in [0.29, 0.717) is 5.75 Å². The third-order valence-electron chi connectivity index (χ3n) is 3.93. The summed E-state index contributed by atoms with van der Waals surface area (Å²) in [5.41, 5.74) is 0. The van der Waals surface area contributed by atoms with Gasteiger partial charge in [0, 0.05) is 43.5 Å². The maximum Gasteiger partial charge on any atom is 0.233 e. The van der Waals surface area contributed by atoms with Gasteiger partial charge in [-0.3, -0.25) is 9.78 Å². The number of anilines is 1. The van der Waals surface area contributed by atoms with Gasteiger partial charge in [-0.25, -0.2) is 4.98 Å². The SMILES string of the molecule is COc1ccc(SCC(=O)N2CCN(c3cnccn3)CC2)cc1. The highest BCUT2D eigenvalue weighted by Gasteiger charge is 2.21. The van der Waals surface area contributed by atoms with Crippen LogP contribution < -0.4 is 9.64 Å². The molecule has 0 bridgehead atoms. The lowest BCUT2D eigenvalue weighted by Gasteiger charge is -2.35. The Bertz CT molecular complexity index is 658. The molecule has 1 fully saturated rings. The van der Waals surface area contributed by atoms with Crippen LogP contribution >= 0.6 is 11.8 Å². The highest BCUT2D eigenvalue weighted by Crippen LogP contribution is 2.22. The number of methoxy groups -OCH3 is 1. The summed E-state index contributed by atoms with van der Waals surface area (Å²) < 4.78 is 5.14. The number of nitrogens with zero attached hydrogens (tertiary/aromatic N) is 4. The lowest BCUT2D eigenvalue weighted by atomic mass is 10.3. The van der Waals surface area contributed by atoms with Crippen molar-refractivity contribution in [1.82, 2.24) is 14.9 Å². The van der Waals surface area contributed by atoms with E-state index in [0.717, 1.165) is 42.6 Å². The summed E-state index contributed by atoms with van der Waals surface area (Å²) in [5.74, 6) is 2.33. The number of carbonyl (C=O) groups excluding carboxylic acids is 1. The maximum atomic E-state index is 12.4. The molecule has 24 heavy (non-hydrogen) atoms. The van der Waals surface area contributed by atoms with Crippen LogP contribution in [0.1, 0.15) is 0 Å². The first kappa shape index (κ1) is 16.6. The molecule has 0 unspecified atom stereocenters. The van der Waals surface area contributed by atoms with E-state index in [1.807, 2.05) is 29.2 Å². The molecule has 0 spiro atoms. The van der Waals surface area contributed by atoms with Gasteiger partial charge in [-0.2, -0.15) is 0 Å². The number of rotatable bonds is 5. The summed E-state index contributed by atoms with van der Waals surface area (Å²) in [6.07, 6.45) is 5.12. The van der Waals surface area contributed by atoms with Crippen molar-refractivity contribution >= 4 is 23.5 Å². The molecule has 1 aliphatic rings. The predicted molar refractivity (Wildman–Crippen MR) is 94.5 cm³/mol. The van der Waals surface area contributed by atoms with Gasteiger partial charge in [0.05, 0.1) is 19.1 Å². The van der Waals surface area contributed by atoms with E-state index in [4.69, 9.17) is 4.74 Å². The van der Waals surface area contributed by atoms with E-state index < -0.39 is 0 Å². The van der Waals surface area contributed by atoms with Crippen molar-refractivity contribution in [2.45, 2.75) is 4.90 Å². The molecular weight excluding hydrogens is 324 g/mol. The summed E-state index contributed by atoms with van der Waals surface area (Å²) in [5, 5.41) is 0. The summed E-state index contributed by atoms with van der Waals surface area (Å²) in [6, 6.07) is 7.77. The predicted octanol–water partition coefficient (Wildman–Crippen LogP) is 1.93. The normalized spacial score (nSPS) is 14.5. The van der Waals surface area contributed by atoms with Gasteiger partial charge >= 0.3 is 0 Å². The van der Waals surface area contributed by atoms with Crippen LogP contribution in [0.3, 0.4) is 0 Å². The van der Waals surface area contributed by atoms with Gasteiger partial charge in [0.15, 0.2) is 0 Å². The first-order chi connectivity index (χ1) is 11.8. The average molecular weight is 344 g/mol. The molecule has 0 N–H and O–H groups in total. The minimum absolute atomic E-state index is 0.176. The number of thioether (sulfide) groups is 1. The van der Waals surface area contributed by atoms with E-state index >= 15 is 0 Å². The van der Waals surface area contributed by atoms with Crippen molar-refractivity contribution in [3.63, 3.8) is 0 Å². The van der Waals surface area contributed by atoms with Gasteiger partial charge in [0.2, 0.25) is 5.91 Å². The number of benzene rings is 1. The number of aromatic nitrogens is 2. The summed E-state index contributed by atoms with van der Waals surface area (Å²) in [4.78, 5) is 25.9. The molecule has 126 valence electrons. The molecule has 0 atom stereocenters. The molecule has 2 heterocycles. The molecular formula is C17H20N4O2S. The van der Waals surface area contributed by atoms with E-state index in [1.165, 1.54) is 0 Å². The smallest absolute Gasteiger partial charge is 0.233 e. The number of carbonyl (C=O) groups is 1. The summed E-state index contributed by atoms with van der Waals surface area (Å²) >= 11 is 1.56. The average Bonchev–Trinajstić information content (AvgIpc) is 2.67. The molecule has 1 aromatic heterocycles. The standard InChI is InChI=1S/C17H20N4O2S/c1-23-14-2-4-15(5-3-14)24-13-17(22)21-10-8-20(9-11-21)16-12-18-6-7-19-16/h2-7,12H,8-11,13H2,1H3. The van der Waals surface area contributed by atoms with Gasteiger partial charge in [0.1, 0.15) is 11.6 Å². The second kappa shape index (κ2) is 8.01. The van der Waals surface area contributed by atoms with Crippen LogP contribution in [-0.4, -0.2) is 59.8 Å². The maximum absolute atomic E-state index is 12.4.